The van der Waals surface area contributed by atoms with Gasteiger partial charge < -0.3 is 14.2 Å². The lowest BCUT2D eigenvalue weighted by Crippen LogP contribution is -2.18. The van der Waals surface area contributed by atoms with Gasteiger partial charge in [0, 0.05) is 16.7 Å². The Hall–Kier alpha value is -3.82. The number of likely N-dealkylation sites (tertiary alicyclic amines) is 1. The zero-order chi connectivity index (χ0) is 25.6. The molecule has 0 spiro atoms. The van der Waals surface area contributed by atoms with Crippen molar-refractivity contribution in [2.24, 2.45) is 0 Å². The Morgan fingerprint density at radius 2 is 1.65 bits per heavy atom. The van der Waals surface area contributed by atoms with Gasteiger partial charge in [-0.1, -0.05) is 36.1 Å². The van der Waals surface area contributed by atoms with Crippen molar-refractivity contribution < 1.29 is 23.0 Å². The van der Waals surface area contributed by atoms with Crippen LogP contribution in [0.15, 0.2) is 66.7 Å². The number of allylic oxidation sites excluding steroid dienone is 1. The largest absolute Gasteiger partial charge is 0.480 e. The van der Waals surface area contributed by atoms with Crippen molar-refractivity contribution in [3.8, 4) is 29.1 Å². The summed E-state index contributed by atoms with van der Waals surface area (Å²) in [4.78, 5) is 2.37. The first-order valence-corrected chi connectivity index (χ1v) is 12.5. The molecule has 0 aromatic heterocycles. The summed E-state index contributed by atoms with van der Waals surface area (Å²) in [6, 6.07) is 20.7. The quantitative estimate of drug-likeness (QED) is 0.333. The van der Waals surface area contributed by atoms with Gasteiger partial charge in [0.25, 0.3) is 0 Å². The topological polar surface area (TPSA) is 30.9 Å². The lowest BCUT2D eigenvalue weighted by atomic mass is 9.86. The molecular weight excluding hydrogens is 472 g/mol. The van der Waals surface area contributed by atoms with E-state index in [0.29, 0.717) is 17.2 Å². The molecule has 1 fully saturated rings. The summed E-state index contributed by atoms with van der Waals surface area (Å²) in [7, 11) is 0. The van der Waals surface area contributed by atoms with E-state index in [1.807, 2.05) is 43.3 Å². The summed E-state index contributed by atoms with van der Waals surface area (Å²) in [6.07, 6.45) is 2.10. The van der Waals surface area contributed by atoms with E-state index in [1.54, 1.807) is 30.3 Å². The van der Waals surface area contributed by atoms with E-state index in [1.165, 1.54) is 12.8 Å². The Morgan fingerprint density at radius 1 is 0.919 bits per heavy atom. The summed E-state index contributed by atoms with van der Waals surface area (Å²) < 4.78 is 42.4. The van der Waals surface area contributed by atoms with Crippen LogP contribution >= 0.6 is 0 Å². The molecule has 2 aliphatic rings. The minimum absolute atomic E-state index is 0.410. The first-order chi connectivity index (χ1) is 18.2. The fourth-order valence-electron chi connectivity index (χ4n) is 4.94. The standard InChI is InChI=1S/C31H29F2NO3/c1-22-28-19-27(36-21-33)13-14-29(28)37-31(30(22)25-7-4-8-26(18-25)35-20-32)24-11-9-23(10-12-24)6-5-17-34-15-2-3-16-34/h4,7-14,18-19,31H,2-3,15-17,20-21H2,1H3. The smallest absolute Gasteiger partial charge is 0.228 e. The molecule has 1 saturated heterocycles. The first-order valence-electron chi connectivity index (χ1n) is 12.5. The molecule has 0 aliphatic carbocycles. The predicted octanol–water partition coefficient (Wildman–Crippen LogP) is 6.81. The van der Waals surface area contributed by atoms with Crippen LogP contribution in [0.1, 0.15) is 48.1 Å². The molecule has 2 heterocycles. The minimum Gasteiger partial charge on any atom is -0.480 e. The number of fused-ring (bicyclic) bond motifs is 1. The molecule has 37 heavy (non-hydrogen) atoms. The van der Waals surface area contributed by atoms with E-state index in [9.17, 15) is 8.78 Å². The zero-order valence-corrected chi connectivity index (χ0v) is 20.8. The second-order valence-electron chi connectivity index (χ2n) is 9.14. The number of hydrogen-bond acceptors (Lipinski definition) is 4. The molecule has 2 aliphatic heterocycles. The van der Waals surface area contributed by atoms with Gasteiger partial charge in [0.15, 0.2) is 0 Å². The second-order valence-corrected chi connectivity index (χ2v) is 9.14. The molecule has 0 N–H and O–H groups in total. The average molecular weight is 502 g/mol. The first kappa shape index (κ1) is 24.9. The Labute approximate surface area is 216 Å². The van der Waals surface area contributed by atoms with Crippen LogP contribution < -0.4 is 14.2 Å². The Morgan fingerprint density at radius 3 is 2.38 bits per heavy atom. The van der Waals surface area contributed by atoms with Crippen molar-refractivity contribution in [1.29, 1.82) is 0 Å². The highest BCUT2D eigenvalue weighted by atomic mass is 19.1. The van der Waals surface area contributed by atoms with E-state index in [-0.39, 0.29) is 0 Å². The van der Waals surface area contributed by atoms with Gasteiger partial charge in [0.05, 0.1) is 6.54 Å². The number of ether oxygens (including phenoxy) is 3. The molecule has 1 unspecified atom stereocenters. The fraction of sp³-hybridized carbons (Fsp3) is 0.290. The third kappa shape index (κ3) is 5.63. The second kappa shape index (κ2) is 11.5. The van der Waals surface area contributed by atoms with Crippen molar-refractivity contribution >= 4 is 11.1 Å². The molecule has 190 valence electrons. The summed E-state index contributed by atoms with van der Waals surface area (Å²) in [5.41, 5.74) is 5.46. The van der Waals surface area contributed by atoms with Gasteiger partial charge in [0.2, 0.25) is 13.7 Å². The molecule has 5 rings (SSSR count). The molecular formula is C31H29F2NO3. The van der Waals surface area contributed by atoms with Crippen LogP contribution in [-0.2, 0) is 0 Å². The number of hydrogen-bond donors (Lipinski definition) is 0. The van der Waals surface area contributed by atoms with E-state index in [0.717, 1.165) is 53.0 Å². The number of halogens is 2. The molecule has 0 saturated carbocycles. The number of rotatable bonds is 7. The van der Waals surface area contributed by atoms with Crippen LogP contribution in [0, 0.1) is 11.8 Å². The predicted molar refractivity (Wildman–Crippen MR) is 141 cm³/mol. The van der Waals surface area contributed by atoms with Crippen molar-refractivity contribution in [3.05, 3.63) is 89.0 Å². The lowest BCUT2D eigenvalue weighted by Gasteiger charge is -2.31. The highest BCUT2D eigenvalue weighted by molar-refractivity contribution is 5.96. The number of benzene rings is 3. The summed E-state index contributed by atoms with van der Waals surface area (Å²) in [5.74, 6) is 8.09. The minimum atomic E-state index is -0.909. The Balaban J connectivity index is 1.50. The van der Waals surface area contributed by atoms with Crippen molar-refractivity contribution in [2.75, 3.05) is 33.4 Å². The van der Waals surface area contributed by atoms with Crippen LogP contribution in [0.5, 0.6) is 17.2 Å². The fourth-order valence-corrected chi connectivity index (χ4v) is 4.94. The maximum atomic E-state index is 12.9. The molecule has 0 radical (unpaired) electrons. The van der Waals surface area contributed by atoms with Gasteiger partial charge in [0.1, 0.15) is 23.4 Å². The third-order valence-corrected chi connectivity index (χ3v) is 6.80. The third-order valence-electron chi connectivity index (χ3n) is 6.80. The number of alkyl halides is 2. The molecule has 0 amide bonds. The van der Waals surface area contributed by atoms with Gasteiger partial charge in [-0.2, -0.15) is 0 Å². The van der Waals surface area contributed by atoms with Crippen LogP contribution in [0.4, 0.5) is 8.78 Å². The van der Waals surface area contributed by atoms with E-state index >= 15 is 0 Å². The molecule has 6 heteroatoms. The Kier molecular flexibility index (Phi) is 7.72. The maximum Gasteiger partial charge on any atom is 0.228 e. The summed E-state index contributed by atoms with van der Waals surface area (Å²) in [6.45, 7) is 3.23. The monoisotopic (exact) mass is 501 g/mol. The van der Waals surface area contributed by atoms with Crippen molar-refractivity contribution in [1.82, 2.24) is 4.90 Å². The number of nitrogens with zero attached hydrogens (tertiary/aromatic N) is 1. The molecule has 4 nitrogen and oxygen atoms in total. The molecule has 3 aromatic rings. The van der Waals surface area contributed by atoms with Gasteiger partial charge in [-0.15, -0.1) is 0 Å². The lowest BCUT2D eigenvalue weighted by molar-refractivity contribution is 0.190. The average Bonchev–Trinajstić information content (AvgIpc) is 3.43. The van der Waals surface area contributed by atoms with Crippen molar-refractivity contribution in [3.63, 3.8) is 0 Å². The summed E-state index contributed by atoms with van der Waals surface area (Å²) >= 11 is 0. The molecule has 3 aromatic carbocycles. The van der Waals surface area contributed by atoms with Gasteiger partial charge in [-0.3, -0.25) is 4.90 Å². The normalized spacial score (nSPS) is 17.0. The summed E-state index contributed by atoms with van der Waals surface area (Å²) in [5, 5.41) is 0. The molecule has 0 bridgehead atoms. The van der Waals surface area contributed by atoms with Crippen LogP contribution in [0.2, 0.25) is 0 Å². The molecule has 1 atom stereocenters. The van der Waals surface area contributed by atoms with Gasteiger partial charge >= 0.3 is 0 Å². The van der Waals surface area contributed by atoms with E-state index in [4.69, 9.17) is 14.2 Å². The Bertz CT molecular complexity index is 1330. The van der Waals surface area contributed by atoms with Crippen LogP contribution in [0.25, 0.3) is 11.1 Å². The van der Waals surface area contributed by atoms with Gasteiger partial charge in [-0.05, 0) is 92.0 Å². The maximum absolute atomic E-state index is 12.9. The van der Waals surface area contributed by atoms with Crippen molar-refractivity contribution in [2.45, 2.75) is 25.9 Å². The highest BCUT2D eigenvalue weighted by Gasteiger charge is 2.30. The van der Waals surface area contributed by atoms with Crippen LogP contribution in [0.3, 0.4) is 0 Å². The SMILES string of the molecule is CC1=C(c2cccc(OCF)c2)C(c2ccc(C#CCN3CCCC3)cc2)Oc2ccc(OCF)cc21. The highest BCUT2D eigenvalue weighted by Crippen LogP contribution is 2.47. The van der Waals surface area contributed by atoms with Crippen LogP contribution in [-0.4, -0.2) is 38.3 Å². The van der Waals surface area contributed by atoms with Gasteiger partial charge in [-0.25, -0.2) is 8.78 Å². The van der Waals surface area contributed by atoms with E-state index < -0.39 is 19.8 Å². The van der Waals surface area contributed by atoms with E-state index in [2.05, 4.69) is 16.7 Å². The zero-order valence-electron chi connectivity index (χ0n) is 20.8.